The van der Waals surface area contributed by atoms with E-state index < -0.39 is 0 Å². The van der Waals surface area contributed by atoms with Gasteiger partial charge in [0.05, 0.1) is 6.10 Å². The summed E-state index contributed by atoms with van der Waals surface area (Å²) in [6, 6.07) is 2.30. The molecule has 2 N–H and O–H groups in total. The van der Waals surface area contributed by atoms with E-state index in [1.165, 1.54) is 29.7 Å². The Hall–Kier alpha value is -0.380. The first-order valence-corrected chi connectivity index (χ1v) is 6.56. The SMILES string of the molecule is Cc1sccc1C(N)CC1CCCCO1. The Kier molecular flexibility index (Phi) is 3.78. The molecule has 1 aliphatic heterocycles. The summed E-state index contributed by atoms with van der Waals surface area (Å²) in [5, 5.41) is 2.12. The Morgan fingerprint density at radius 3 is 3.07 bits per heavy atom. The maximum Gasteiger partial charge on any atom is 0.0593 e. The molecule has 1 fully saturated rings. The Morgan fingerprint density at radius 2 is 2.47 bits per heavy atom. The van der Waals surface area contributed by atoms with Gasteiger partial charge in [0, 0.05) is 17.5 Å². The average Bonchev–Trinajstić information content (AvgIpc) is 2.66. The van der Waals surface area contributed by atoms with Gasteiger partial charge in [-0.1, -0.05) is 0 Å². The molecule has 0 amide bonds. The van der Waals surface area contributed by atoms with Gasteiger partial charge in [-0.15, -0.1) is 11.3 Å². The van der Waals surface area contributed by atoms with E-state index in [9.17, 15) is 0 Å². The van der Waals surface area contributed by atoms with Gasteiger partial charge in [-0.05, 0) is 49.6 Å². The van der Waals surface area contributed by atoms with Crippen LogP contribution in [0, 0.1) is 6.92 Å². The summed E-state index contributed by atoms with van der Waals surface area (Å²) in [6.45, 7) is 3.06. The summed E-state index contributed by atoms with van der Waals surface area (Å²) in [7, 11) is 0. The zero-order valence-corrected chi connectivity index (χ0v) is 10.1. The first-order valence-electron chi connectivity index (χ1n) is 5.68. The minimum atomic E-state index is 0.152. The molecule has 0 spiro atoms. The highest BCUT2D eigenvalue weighted by atomic mass is 32.1. The number of thiophene rings is 1. The Bertz CT molecular complexity index is 304. The highest BCUT2D eigenvalue weighted by Crippen LogP contribution is 2.27. The van der Waals surface area contributed by atoms with Crippen LogP contribution in [0.5, 0.6) is 0 Å². The topological polar surface area (TPSA) is 35.2 Å². The summed E-state index contributed by atoms with van der Waals surface area (Å²) in [5.74, 6) is 0. The number of hydrogen-bond acceptors (Lipinski definition) is 3. The quantitative estimate of drug-likeness (QED) is 0.858. The lowest BCUT2D eigenvalue weighted by Gasteiger charge is -2.25. The predicted molar refractivity (Wildman–Crippen MR) is 64.2 cm³/mol. The number of aryl methyl sites for hydroxylation is 1. The van der Waals surface area contributed by atoms with Crippen LogP contribution >= 0.6 is 11.3 Å². The standard InChI is InChI=1S/C12H19NOS/c1-9-11(5-7-15-9)12(13)8-10-4-2-3-6-14-10/h5,7,10,12H,2-4,6,8,13H2,1H3. The second-order valence-electron chi connectivity index (χ2n) is 4.26. The highest BCUT2D eigenvalue weighted by Gasteiger charge is 2.19. The Labute approximate surface area is 95.4 Å². The van der Waals surface area contributed by atoms with E-state index in [1.807, 2.05) is 0 Å². The molecule has 2 atom stereocenters. The summed E-state index contributed by atoms with van der Waals surface area (Å²) < 4.78 is 5.71. The van der Waals surface area contributed by atoms with Crippen molar-refractivity contribution in [2.24, 2.45) is 5.73 Å². The van der Waals surface area contributed by atoms with Gasteiger partial charge in [-0.25, -0.2) is 0 Å². The van der Waals surface area contributed by atoms with E-state index >= 15 is 0 Å². The predicted octanol–water partition coefficient (Wildman–Crippen LogP) is 3.02. The van der Waals surface area contributed by atoms with E-state index in [4.69, 9.17) is 10.5 Å². The number of hydrogen-bond donors (Lipinski definition) is 1. The highest BCUT2D eigenvalue weighted by molar-refractivity contribution is 7.10. The van der Waals surface area contributed by atoms with Crippen LogP contribution in [0.25, 0.3) is 0 Å². The largest absolute Gasteiger partial charge is 0.378 e. The second-order valence-corrected chi connectivity index (χ2v) is 5.38. The van der Waals surface area contributed by atoms with Crippen LogP contribution in [-0.4, -0.2) is 12.7 Å². The van der Waals surface area contributed by atoms with Crippen molar-refractivity contribution in [3.63, 3.8) is 0 Å². The Balaban J connectivity index is 1.91. The first kappa shape index (κ1) is 11.1. The van der Waals surface area contributed by atoms with Gasteiger partial charge in [-0.3, -0.25) is 0 Å². The lowest BCUT2D eigenvalue weighted by Crippen LogP contribution is -2.24. The van der Waals surface area contributed by atoms with Crippen molar-refractivity contribution in [1.29, 1.82) is 0 Å². The molecule has 1 aromatic rings. The fraction of sp³-hybridized carbons (Fsp3) is 0.667. The smallest absolute Gasteiger partial charge is 0.0593 e. The number of rotatable bonds is 3. The summed E-state index contributed by atoms with van der Waals surface area (Å²) >= 11 is 1.77. The van der Waals surface area contributed by atoms with E-state index in [-0.39, 0.29) is 6.04 Å². The zero-order valence-electron chi connectivity index (χ0n) is 9.24. The molecule has 2 unspecified atom stereocenters. The van der Waals surface area contributed by atoms with Crippen LogP contribution in [0.4, 0.5) is 0 Å². The van der Waals surface area contributed by atoms with Crippen LogP contribution in [0.2, 0.25) is 0 Å². The molecule has 3 heteroatoms. The molecule has 0 aromatic carbocycles. The molecule has 2 heterocycles. The van der Waals surface area contributed by atoms with Crippen LogP contribution in [-0.2, 0) is 4.74 Å². The van der Waals surface area contributed by atoms with Gasteiger partial charge < -0.3 is 10.5 Å². The van der Waals surface area contributed by atoms with Crippen molar-refractivity contribution in [3.8, 4) is 0 Å². The van der Waals surface area contributed by atoms with E-state index in [0.29, 0.717) is 6.10 Å². The lowest BCUT2D eigenvalue weighted by atomic mass is 9.98. The van der Waals surface area contributed by atoms with Gasteiger partial charge in [0.1, 0.15) is 0 Å². The molecule has 1 saturated heterocycles. The van der Waals surface area contributed by atoms with Crippen molar-refractivity contribution in [2.45, 2.75) is 44.8 Å². The number of ether oxygens (including phenoxy) is 1. The molecular formula is C12H19NOS. The van der Waals surface area contributed by atoms with Crippen LogP contribution < -0.4 is 5.73 Å². The fourth-order valence-electron chi connectivity index (χ4n) is 2.18. The average molecular weight is 225 g/mol. The van der Waals surface area contributed by atoms with Gasteiger partial charge in [0.25, 0.3) is 0 Å². The molecule has 2 nitrogen and oxygen atoms in total. The molecule has 84 valence electrons. The van der Waals surface area contributed by atoms with Crippen molar-refractivity contribution in [2.75, 3.05) is 6.61 Å². The third kappa shape index (κ3) is 2.80. The van der Waals surface area contributed by atoms with Gasteiger partial charge in [0.15, 0.2) is 0 Å². The van der Waals surface area contributed by atoms with Gasteiger partial charge in [0.2, 0.25) is 0 Å². The summed E-state index contributed by atoms with van der Waals surface area (Å²) in [6.07, 6.45) is 5.03. The summed E-state index contributed by atoms with van der Waals surface area (Å²) in [4.78, 5) is 1.35. The van der Waals surface area contributed by atoms with Crippen molar-refractivity contribution < 1.29 is 4.74 Å². The van der Waals surface area contributed by atoms with Crippen molar-refractivity contribution in [1.82, 2.24) is 0 Å². The molecule has 0 bridgehead atoms. The molecule has 15 heavy (non-hydrogen) atoms. The van der Waals surface area contributed by atoms with Crippen molar-refractivity contribution >= 4 is 11.3 Å². The van der Waals surface area contributed by atoms with Gasteiger partial charge in [-0.2, -0.15) is 0 Å². The lowest BCUT2D eigenvalue weighted by molar-refractivity contribution is 0.00729. The van der Waals surface area contributed by atoms with Crippen LogP contribution in [0.1, 0.15) is 42.2 Å². The normalized spacial score (nSPS) is 24.0. The Morgan fingerprint density at radius 1 is 1.60 bits per heavy atom. The minimum absolute atomic E-state index is 0.152. The third-order valence-corrected chi connectivity index (χ3v) is 3.95. The molecule has 2 rings (SSSR count). The maximum atomic E-state index is 6.20. The van der Waals surface area contributed by atoms with Crippen LogP contribution in [0.15, 0.2) is 11.4 Å². The fourth-order valence-corrected chi connectivity index (χ4v) is 2.96. The first-order chi connectivity index (χ1) is 7.27. The molecule has 1 aromatic heterocycles. The second kappa shape index (κ2) is 5.10. The number of nitrogens with two attached hydrogens (primary N) is 1. The molecule has 0 saturated carbocycles. The van der Waals surface area contributed by atoms with Crippen molar-refractivity contribution in [3.05, 3.63) is 21.9 Å². The molecule has 0 radical (unpaired) electrons. The van der Waals surface area contributed by atoms with E-state index in [0.717, 1.165) is 13.0 Å². The van der Waals surface area contributed by atoms with Gasteiger partial charge >= 0.3 is 0 Å². The molecular weight excluding hydrogens is 206 g/mol. The summed E-state index contributed by atoms with van der Waals surface area (Å²) in [5.41, 5.74) is 7.50. The van der Waals surface area contributed by atoms with Crippen LogP contribution in [0.3, 0.4) is 0 Å². The zero-order chi connectivity index (χ0) is 10.7. The maximum absolute atomic E-state index is 6.20. The minimum Gasteiger partial charge on any atom is -0.378 e. The monoisotopic (exact) mass is 225 g/mol. The molecule has 0 aliphatic carbocycles. The molecule has 1 aliphatic rings. The van der Waals surface area contributed by atoms with E-state index in [1.54, 1.807) is 11.3 Å². The third-order valence-electron chi connectivity index (χ3n) is 3.09. The van der Waals surface area contributed by atoms with E-state index in [2.05, 4.69) is 18.4 Å².